The second-order valence-electron chi connectivity index (χ2n) is 5.48. The van der Waals surface area contributed by atoms with Gasteiger partial charge in [0.15, 0.2) is 0 Å². The van der Waals surface area contributed by atoms with Gasteiger partial charge >= 0.3 is 0 Å². The first-order chi connectivity index (χ1) is 11.7. The fourth-order valence-electron chi connectivity index (χ4n) is 2.57. The van der Waals surface area contributed by atoms with Gasteiger partial charge in [-0.05, 0) is 42.3 Å². The Morgan fingerprint density at radius 1 is 1.00 bits per heavy atom. The maximum atomic E-state index is 12.2. The summed E-state index contributed by atoms with van der Waals surface area (Å²) < 4.78 is 12.0. The monoisotopic (exact) mass is 387 g/mol. The zero-order valence-electron chi connectivity index (χ0n) is 13.1. The Morgan fingerprint density at radius 2 is 1.67 bits per heavy atom. The molecule has 1 aromatic carbocycles. The number of carbonyl (C=O) groups is 1. The Hall–Kier alpha value is -2.27. The van der Waals surface area contributed by atoms with Crippen molar-refractivity contribution in [3.63, 3.8) is 0 Å². The lowest BCUT2D eigenvalue weighted by molar-refractivity contribution is -0.121. The molecule has 2 heterocycles. The van der Waals surface area contributed by atoms with E-state index in [9.17, 15) is 4.79 Å². The van der Waals surface area contributed by atoms with Gasteiger partial charge in [0, 0.05) is 17.4 Å². The minimum absolute atomic E-state index is 0.00821. The Bertz CT molecular complexity index is 732. The van der Waals surface area contributed by atoms with Gasteiger partial charge in [-0.15, -0.1) is 0 Å². The molecule has 124 valence electrons. The molecule has 0 aliphatic carbocycles. The molecule has 24 heavy (non-hydrogen) atoms. The van der Waals surface area contributed by atoms with Crippen LogP contribution in [0, 0.1) is 0 Å². The predicted octanol–water partition coefficient (Wildman–Crippen LogP) is 4.52. The van der Waals surface area contributed by atoms with E-state index in [2.05, 4.69) is 21.2 Å². The molecule has 0 aliphatic rings. The highest BCUT2D eigenvalue weighted by atomic mass is 79.9. The summed E-state index contributed by atoms with van der Waals surface area (Å²) in [5.41, 5.74) is 1.13. The van der Waals surface area contributed by atoms with Gasteiger partial charge in [0.2, 0.25) is 5.91 Å². The van der Waals surface area contributed by atoms with Crippen LogP contribution in [0.15, 0.2) is 74.4 Å². The fraction of sp³-hybridized carbons (Fsp3) is 0.211. The third-order valence-corrected chi connectivity index (χ3v) is 4.63. The summed E-state index contributed by atoms with van der Waals surface area (Å²) in [5, 5.41) is 2.97. The molecule has 2 aromatic heterocycles. The third-order valence-electron chi connectivity index (χ3n) is 3.86. The van der Waals surface area contributed by atoms with Gasteiger partial charge in [0.1, 0.15) is 11.5 Å². The standard InChI is InChI=1S/C19H18BrNO3/c20-16-6-2-1-5-14(16)9-10-19(22)21-13-15(17-7-3-11-23-17)18-8-4-12-24-18/h1-8,11-12,15H,9-10,13H2,(H,21,22). The third kappa shape index (κ3) is 4.17. The van der Waals surface area contributed by atoms with E-state index in [0.29, 0.717) is 19.4 Å². The van der Waals surface area contributed by atoms with Crippen molar-refractivity contribution in [2.75, 3.05) is 6.54 Å². The highest BCUT2D eigenvalue weighted by molar-refractivity contribution is 9.10. The molecule has 3 aromatic rings. The lowest BCUT2D eigenvalue weighted by atomic mass is 10.0. The van der Waals surface area contributed by atoms with Crippen molar-refractivity contribution in [2.24, 2.45) is 0 Å². The van der Waals surface area contributed by atoms with E-state index in [4.69, 9.17) is 8.83 Å². The normalized spacial score (nSPS) is 10.9. The van der Waals surface area contributed by atoms with Crippen LogP contribution in [-0.2, 0) is 11.2 Å². The number of hydrogen-bond donors (Lipinski definition) is 1. The molecule has 1 N–H and O–H groups in total. The molecule has 0 saturated carbocycles. The van der Waals surface area contributed by atoms with E-state index < -0.39 is 0 Å². The van der Waals surface area contributed by atoms with Crippen molar-refractivity contribution < 1.29 is 13.6 Å². The van der Waals surface area contributed by atoms with Crippen LogP contribution in [0.1, 0.15) is 29.4 Å². The number of halogens is 1. The summed E-state index contributed by atoms with van der Waals surface area (Å²) in [6, 6.07) is 15.4. The number of hydrogen-bond acceptors (Lipinski definition) is 3. The van der Waals surface area contributed by atoms with Gasteiger partial charge in [-0.2, -0.15) is 0 Å². The molecule has 0 radical (unpaired) electrons. The summed E-state index contributed by atoms with van der Waals surface area (Å²) >= 11 is 3.50. The SMILES string of the molecule is O=C(CCc1ccccc1Br)NCC(c1ccco1)c1ccco1. The summed E-state index contributed by atoms with van der Waals surface area (Å²) in [5.74, 6) is 1.43. The van der Waals surface area contributed by atoms with Crippen LogP contribution in [0.4, 0.5) is 0 Å². The number of nitrogens with one attached hydrogen (secondary N) is 1. The average molecular weight is 388 g/mol. The zero-order chi connectivity index (χ0) is 16.8. The van der Waals surface area contributed by atoms with Crippen molar-refractivity contribution in [3.8, 4) is 0 Å². The van der Waals surface area contributed by atoms with Crippen LogP contribution in [0.3, 0.4) is 0 Å². The topological polar surface area (TPSA) is 55.4 Å². The van der Waals surface area contributed by atoms with Crippen molar-refractivity contribution in [1.82, 2.24) is 5.32 Å². The summed E-state index contributed by atoms with van der Waals surface area (Å²) in [6.07, 6.45) is 4.38. The zero-order valence-corrected chi connectivity index (χ0v) is 14.7. The average Bonchev–Trinajstić information content (AvgIpc) is 3.28. The lowest BCUT2D eigenvalue weighted by Gasteiger charge is -2.13. The quantitative estimate of drug-likeness (QED) is 0.648. The van der Waals surface area contributed by atoms with Crippen LogP contribution in [0.2, 0.25) is 0 Å². The van der Waals surface area contributed by atoms with Crippen molar-refractivity contribution in [3.05, 3.63) is 82.6 Å². The maximum absolute atomic E-state index is 12.2. The van der Waals surface area contributed by atoms with Crippen LogP contribution < -0.4 is 5.32 Å². The van der Waals surface area contributed by atoms with Crippen LogP contribution in [-0.4, -0.2) is 12.5 Å². The fourth-order valence-corrected chi connectivity index (χ4v) is 3.06. The number of amides is 1. The molecular formula is C19H18BrNO3. The largest absolute Gasteiger partial charge is 0.469 e. The van der Waals surface area contributed by atoms with Crippen LogP contribution >= 0.6 is 15.9 Å². The number of furan rings is 2. The molecule has 3 rings (SSSR count). The van der Waals surface area contributed by atoms with Gasteiger partial charge in [0.25, 0.3) is 0 Å². The van der Waals surface area contributed by atoms with E-state index in [0.717, 1.165) is 21.6 Å². The van der Waals surface area contributed by atoms with E-state index in [1.165, 1.54) is 0 Å². The van der Waals surface area contributed by atoms with Gasteiger partial charge in [-0.3, -0.25) is 4.79 Å². The number of carbonyl (C=O) groups excluding carboxylic acids is 1. The molecule has 1 amide bonds. The first-order valence-electron chi connectivity index (χ1n) is 7.81. The van der Waals surface area contributed by atoms with E-state index in [-0.39, 0.29) is 11.8 Å². The lowest BCUT2D eigenvalue weighted by Crippen LogP contribution is -2.28. The first kappa shape index (κ1) is 16.6. The number of rotatable bonds is 7. The maximum Gasteiger partial charge on any atom is 0.220 e. The Balaban J connectivity index is 1.57. The Morgan fingerprint density at radius 3 is 2.25 bits per heavy atom. The van der Waals surface area contributed by atoms with Crippen molar-refractivity contribution in [1.29, 1.82) is 0 Å². The van der Waals surface area contributed by atoms with Gasteiger partial charge in [-0.25, -0.2) is 0 Å². The van der Waals surface area contributed by atoms with E-state index in [1.807, 2.05) is 48.5 Å². The molecule has 0 spiro atoms. The molecule has 0 saturated heterocycles. The molecule has 0 atom stereocenters. The molecule has 0 bridgehead atoms. The second kappa shape index (κ2) is 8.02. The van der Waals surface area contributed by atoms with Crippen LogP contribution in [0.5, 0.6) is 0 Å². The van der Waals surface area contributed by atoms with Gasteiger partial charge in [-0.1, -0.05) is 34.1 Å². The number of benzene rings is 1. The van der Waals surface area contributed by atoms with E-state index >= 15 is 0 Å². The van der Waals surface area contributed by atoms with Crippen molar-refractivity contribution in [2.45, 2.75) is 18.8 Å². The minimum atomic E-state index is -0.123. The summed E-state index contributed by atoms with van der Waals surface area (Å²) in [7, 11) is 0. The molecular weight excluding hydrogens is 370 g/mol. The minimum Gasteiger partial charge on any atom is -0.469 e. The molecule has 0 fully saturated rings. The van der Waals surface area contributed by atoms with Crippen molar-refractivity contribution >= 4 is 21.8 Å². The Kier molecular flexibility index (Phi) is 5.54. The first-order valence-corrected chi connectivity index (χ1v) is 8.60. The summed E-state index contributed by atoms with van der Waals surface area (Å²) in [4.78, 5) is 12.2. The smallest absolute Gasteiger partial charge is 0.220 e. The van der Waals surface area contributed by atoms with E-state index in [1.54, 1.807) is 12.5 Å². The Labute approximate surface area is 149 Å². The van der Waals surface area contributed by atoms with Gasteiger partial charge in [0.05, 0.1) is 18.4 Å². The number of aryl methyl sites for hydroxylation is 1. The molecule has 0 aliphatic heterocycles. The highest BCUT2D eigenvalue weighted by Crippen LogP contribution is 2.25. The van der Waals surface area contributed by atoms with Crippen LogP contribution in [0.25, 0.3) is 0 Å². The summed E-state index contributed by atoms with van der Waals surface area (Å²) in [6.45, 7) is 0.440. The molecule has 4 nitrogen and oxygen atoms in total. The van der Waals surface area contributed by atoms with Gasteiger partial charge < -0.3 is 14.2 Å². The highest BCUT2D eigenvalue weighted by Gasteiger charge is 2.20. The predicted molar refractivity (Wildman–Crippen MR) is 94.7 cm³/mol. The second-order valence-corrected chi connectivity index (χ2v) is 6.33. The molecule has 0 unspecified atom stereocenters. The molecule has 5 heteroatoms.